The first-order chi connectivity index (χ1) is 12.0. The molecule has 0 aliphatic heterocycles. The van der Waals surface area contributed by atoms with Crippen molar-refractivity contribution >= 4 is 37.5 Å². The number of nitrogens with one attached hydrogen (secondary N) is 2. The van der Waals surface area contributed by atoms with Gasteiger partial charge in [0.1, 0.15) is 11.4 Å². The van der Waals surface area contributed by atoms with E-state index in [1.807, 2.05) is 0 Å². The molecule has 26 heavy (non-hydrogen) atoms. The molecule has 0 fully saturated rings. The van der Waals surface area contributed by atoms with Crippen LogP contribution in [0.5, 0.6) is 0 Å². The van der Waals surface area contributed by atoms with Gasteiger partial charge in [0.25, 0.3) is 5.56 Å². The third-order valence-electron chi connectivity index (χ3n) is 3.15. The zero-order valence-corrected chi connectivity index (χ0v) is 17.0. The van der Waals surface area contributed by atoms with E-state index in [2.05, 4.69) is 26.0 Å². The van der Waals surface area contributed by atoms with Crippen molar-refractivity contribution in [1.82, 2.24) is 9.29 Å². The highest BCUT2D eigenvalue weighted by molar-refractivity contribution is 9.10. The monoisotopic (exact) mass is 441 g/mol. The van der Waals surface area contributed by atoms with E-state index in [1.165, 1.54) is 29.0 Å². The molecule has 2 aromatic rings. The number of carbonyl (C=O) groups is 1. The number of nitrogens with zero attached hydrogens (tertiary/aromatic N) is 1. The molecule has 0 radical (unpaired) electrons. The van der Waals surface area contributed by atoms with Gasteiger partial charge in [0.15, 0.2) is 0 Å². The molecule has 1 heterocycles. The van der Waals surface area contributed by atoms with Crippen molar-refractivity contribution in [3.05, 3.63) is 57.4 Å². The fourth-order valence-electron chi connectivity index (χ4n) is 2.23. The van der Waals surface area contributed by atoms with Crippen molar-refractivity contribution < 1.29 is 13.2 Å². The van der Waals surface area contributed by atoms with Gasteiger partial charge in [-0.25, -0.2) is 13.1 Å². The van der Waals surface area contributed by atoms with Gasteiger partial charge in [-0.1, -0.05) is 12.1 Å². The summed E-state index contributed by atoms with van der Waals surface area (Å²) in [5.74, 6) is -0.511. The quantitative estimate of drug-likeness (QED) is 0.743. The van der Waals surface area contributed by atoms with Crippen LogP contribution in [0.3, 0.4) is 0 Å². The third-order valence-corrected chi connectivity index (χ3v) is 5.44. The van der Waals surface area contributed by atoms with Crippen LogP contribution >= 0.6 is 15.9 Å². The summed E-state index contributed by atoms with van der Waals surface area (Å²) < 4.78 is 29.6. The molecule has 2 N–H and O–H groups in total. The SMILES string of the molecule is CC(C)(C)NS(=O)(=O)c1ccccc1NC(=O)Cn1cc(Br)ccc1=O. The van der Waals surface area contributed by atoms with E-state index < -0.39 is 21.5 Å². The fourth-order valence-corrected chi connectivity index (χ4v) is 4.19. The van der Waals surface area contributed by atoms with E-state index in [-0.39, 0.29) is 22.7 Å². The lowest BCUT2D eigenvalue weighted by atomic mass is 10.1. The van der Waals surface area contributed by atoms with Crippen molar-refractivity contribution in [2.75, 3.05) is 5.32 Å². The number of anilines is 1. The molecule has 1 amide bonds. The van der Waals surface area contributed by atoms with Crippen LogP contribution < -0.4 is 15.6 Å². The molecule has 0 bridgehead atoms. The van der Waals surface area contributed by atoms with E-state index in [9.17, 15) is 18.0 Å². The van der Waals surface area contributed by atoms with Crippen molar-refractivity contribution in [1.29, 1.82) is 0 Å². The maximum Gasteiger partial charge on any atom is 0.251 e. The molecule has 0 saturated heterocycles. The second-order valence-electron chi connectivity index (χ2n) is 6.71. The van der Waals surface area contributed by atoms with Gasteiger partial charge in [-0.05, 0) is 54.9 Å². The molecule has 0 aliphatic rings. The number of carbonyl (C=O) groups excluding carboxylic acids is 1. The average Bonchev–Trinajstić information content (AvgIpc) is 2.49. The number of halogens is 1. The second-order valence-corrected chi connectivity index (χ2v) is 9.28. The van der Waals surface area contributed by atoms with Crippen molar-refractivity contribution in [2.24, 2.45) is 0 Å². The van der Waals surface area contributed by atoms with Crippen LogP contribution in [0.4, 0.5) is 5.69 Å². The topological polar surface area (TPSA) is 97.3 Å². The van der Waals surface area contributed by atoms with Crippen molar-refractivity contribution in [3.8, 4) is 0 Å². The number of hydrogen-bond acceptors (Lipinski definition) is 4. The first kappa shape index (κ1) is 20.3. The number of rotatable bonds is 5. The standard InChI is InChI=1S/C17H20BrN3O4S/c1-17(2,3)20-26(24,25)14-7-5-4-6-13(14)19-15(22)11-21-10-12(18)8-9-16(21)23/h4-10,20H,11H2,1-3H3,(H,19,22). The predicted molar refractivity (Wildman–Crippen MR) is 104 cm³/mol. The lowest BCUT2D eigenvalue weighted by Gasteiger charge is -2.21. The highest BCUT2D eigenvalue weighted by atomic mass is 79.9. The number of benzene rings is 1. The Balaban J connectivity index is 2.26. The summed E-state index contributed by atoms with van der Waals surface area (Å²) in [6, 6.07) is 9.02. The summed E-state index contributed by atoms with van der Waals surface area (Å²) in [6.45, 7) is 4.95. The normalized spacial score (nSPS) is 12.0. The number of pyridine rings is 1. The molecule has 1 aromatic heterocycles. The smallest absolute Gasteiger partial charge is 0.251 e. The summed E-state index contributed by atoms with van der Waals surface area (Å²) in [5.41, 5.74) is -0.851. The van der Waals surface area contributed by atoms with Crippen LogP contribution in [0.2, 0.25) is 0 Å². The highest BCUT2D eigenvalue weighted by Gasteiger charge is 2.25. The third kappa shape index (κ3) is 5.52. The van der Waals surface area contributed by atoms with E-state index in [4.69, 9.17) is 0 Å². The van der Waals surface area contributed by atoms with Gasteiger partial charge in [0.2, 0.25) is 15.9 Å². The zero-order valence-electron chi connectivity index (χ0n) is 14.6. The van der Waals surface area contributed by atoms with Crippen LogP contribution in [-0.4, -0.2) is 24.4 Å². The minimum Gasteiger partial charge on any atom is -0.323 e. The van der Waals surface area contributed by atoms with Gasteiger partial charge in [0.05, 0.1) is 5.69 Å². The van der Waals surface area contributed by atoms with Crippen LogP contribution in [0.1, 0.15) is 20.8 Å². The molecule has 0 atom stereocenters. The van der Waals surface area contributed by atoms with Gasteiger partial charge in [-0.2, -0.15) is 0 Å². The summed E-state index contributed by atoms with van der Waals surface area (Å²) in [5, 5.41) is 2.56. The fraction of sp³-hybridized carbons (Fsp3) is 0.294. The number of para-hydroxylation sites is 1. The number of hydrogen-bond donors (Lipinski definition) is 2. The van der Waals surface area contributed by atoms with Gasteiger partial charge in [-0.15, -0.1) is 0 Å². The van der Waals surface area contributed by atoms with Crippen molar-refractivity contribution in [2.45, 2.75) is 37.8 Å². The molecule has 2 rings (SSSR count). The molecular weight excluding hydrogens is 422 g/mol. The first-order valence-electron chi connectivity index (χ1n) is 7.77. The van der Waals surface area contributed by atoms with Gasteiger partial charge in [-0.3, -0.25) is 9.59 Å². The Hall–Kier alpha value is -1.97. The summed E-state index contributed by atoms with van der Waals surface area (Å²) >= 11 is 3.24. The van der Waals surface area contributed by atoms with Gasteiger partial charge >= 0.3 is 0 Å². The van der Waals surface area contributed by atoms with Crippen molar-refractivity contribution in [3.63, 3.8) is 0 Å². The molecule has 0 spiro atoms. The summed E-state index contributed by atoms with van der Waals surface area (Å²) in [4.78, 5) is 24.1. The van der Waals surface area contributed by atoms with E-state index >= 15 is 0 Å². The number of sulfonamides is 1. The Morgan fingerprint density at radius 1 is 1.15 bits per heavy atom. The van der Waals surface area contributed by atoms with Crippen LogP contribution in [0.25, 0.3) is 0 Å². The molecule has 140 valence electrons. The molecular formula is C17H20BrN3O4S. The van der Waals surface area contributed by atoms with Gasteiger partial charge in [0, 0.05) is 22.3 Å². The highest BCUT2D eigenvalue weighted by Crippen LogP contribution is 2.22. The van der Waals surface area contributed by atoms with Crippen LogP contribution in [-0.2, 0) is 21.4 Å². The van der Waals surface area contributed by atoms with Crippen LogP contribution in [0.15, 0.2) is 56.8 Å². The number of amides is 1. The summed E-state index contributed by atoms with van der Waals surface area (Å²) in [6.07, 6.45) is 1.49. The lowest BCUT2D eigenvalue weighted by molar-refractivity contribution is -0.116. The van der Waals surface area contributed by atoms with Crippen LogP contribution in [0, 0.1) is 0 Å². The Kier molecular flexibility index (Phi) is 6.05. The Morgan fingerprint density at radius 3 is 2.46 bits per heavy atom. The minimum absolute atomic E-state index is 0.0372. The zero-order chi connectivity index (χ0) is 19.5. The molecule has 0 aliphatic carbocycles. The molecule has 7 nitrogen and oxygen atoms in total. The second kappa shape index (κ2) is 7.73. The minimum atomic E-state index is -3.82. The average molecular weight is 442 g/mol. The summed E-state index contributed by atoms with van der Waals surface area (Å²) in [7, 11) is -3.82. The predicted octanol–water partition coefficient (Wildman–Crippen LogP) is 2.33. The van der Waals surface area contributed by atoms with Gasteiger partial charge < -0.3 is 9.88 Å². The largest absolute Gasteiger partial charge is 0.323 e. The Bertz CT molecular complexity index is 978. The molecule has 9 heteroatoms. The Labute approximate surface area is 160 Å². The Morgan fingerprint density at radius 2 is 1.81 bits per heavy atom. The maximum absolute atomic E-state index is 12.6. The molecule has 0 unspecified atom stereocenters. The molecule has 1 aromatic carbocycles. The van der Waals surface area contributed by atoms with E-state index in [0.29, 0.717) is 4.47 Å². The van der Waals surface area contributed by atoms with E-state index in [0.717, 1.165) is 0 Å². The lowest BCUT2D eigenvalue weighted by Crippen LogP contribution is -2.40. The first-order valence-corrected chi connectivity index (χ1v) is 10.0. The maximum atomic E-state index is 12.6. The van der Waals surface area contributed by atoms with E-state index in [1.54, 1.807) is 39.0 Å². The molecule has 0 saturated carbocycles. The number of aromatic nitrogens is 1.